The Morgan fingerprint density at radius 1 is 0.731 bits per heavy atom. The van der Waals surface area contributed by atoms with Crippen LogP contribution in [0.2, 0.25) is 0 Å². The molecule has 26 heavy (non-hydrogen) atoms. The van der Waals surface area contributed by atoms with Gasteiger partial charge in [0.25, 0.3) is 0 Å². The van der Waals surface area contributed by atoms with E-state index in [1.165, 1.54) is 23.5 Å². The summed E-state index contributed by atoms with van der Waals surface area (Å²) in [6.45, 7) is 12.3. The van der Waals surface area contributed by atoms with E-state index in [-0.39, 0.29) is 21.1 Å². The molecule has 0 aliphatic heterocycles. The van der Waals surface area contributed by atoms with Crippen molar-refractivity contribution in [1.29, 1.82) is 0 Å². The van der Waals surface area contributed by atoms with Crippen molar-refractivity contribution in [2.75, 3.05) is 24.7 Å². The van der Waals surface area contributed by atoms with Crippen LogP contribution in [0.5, 0.6) is 0 Å². The van der Waals surface area contributed by atoms with Crippen LogP contribution in [0.1, 0.15) is 67.2 Å². The lowest BCUT2D eigenvalue weighted by molar-refractivity contribution is -0.118. The van der Waals surface area contributed by atoms with E-state index >= 15 is 0 Å². The number of hydrogen-bond donors (Lipinski definition) is 0. The lowest BCUT2D eigenvalue weighted by Crippen LogP contribution is -2.16. The maximum Gasteiger partial charge on any atom is 0.319 e. The number of rotatable bonds is 12. The molecule has 0 spiro atoms. The molecular formula is C18H35O5PS2. The molecule has 0 amide bonds. The molecule has 0 fully saturated rings. The minimum absolute atomic E-state index is 0.192. The molecule has 0 atom stereocenters. The molecule has 8 heteroatoms. The van der Waals surface area contributed by atoms with Gasteiger partial charge in [0.15, 0.2) is 10.2 Å². The zero-order valence-electron chi connectivity index (χ0n) is 17.0. The van der Waals surface area contributed by atoms with Crippen LogP contribution >= 0.6 is 31.8 Å². The monoisotopic (exact) mass is 426 g/mol. The summed E-state index contributed by atoms with van der Waals surface area (Å²) in [5, 5.41) is 0.385. The van der Waals surface area contributed by atoms with Gasteiger partial charge in [-0.1, -0.05) is 65.1 Å². The first-order chi connectivity index (χ1) is 11.9. The first kappa shape index (κ1) is 26.2. The molecule has 0 radical (unpaired) electrons. The molecule has 5 nitrogen and oxygen atoms in total. The van der Waals surface area contributed by atoms with Crippen LogP contribution in [0.25, 0.3) is 0 Å². The summed E-state index contributed by atoms with van der Waals surface area (Å²) in [5.41, 5.74) is -0.614. The number of unbranched alkanes of at least 4 members (excludes halogenated alkanes) is 2. The minimum Gasteiger partial charge on any atom is -0.311 e. The summed E-state index contributed by atoms with van der Waals surface area (Å²) in [6.07, 6.45) is 3.22. The number of carbonyl (C=O) groups excluding carboxylic acids is 2. The highest BCUT2D eigenvalue weighted by Gasteiger charge is 2.21. The zero-order valence-corrected chi connectivity index (χ0v) is 19.6. The van der Waals surface area contributed by atoms with Crippen LogP contribution in [-0.4, -0.2) is 35.0 Å². The van der Waals surface area contributed by atoms with Crippen LogP contribution in [0.3, 0.4) is 0 Å². The van der Waals surface area contributed by atoms with Crippen molar-refractivity contribution in [2.45, 2.75) is 67.2 Å². The van der Waals surface area contributed by atoms with Crippen molar-refractivity contribution >= 4 is 42.0 Å². The van der Waals surface area contributed by atoms with Crippen LogP contribution < -0.4 is 0 Å². The Labute approximate surface area is 168 Å². The zero-order chi connectivity index (χ0) is 20.2. The second-order valence-electron chi connectivity index (χ2n) is 8.13. The fourth-order valence-electron chi connectivity index (χ4n) is 1.52. The van der Waals surface area contributed by atoms with Crippen molar-refractivity contribution < 1.29 is 23.2 Å². The molecule has 0 bridgehead atoms. The maximum absolute atomic E-state index is 11.7. The fraction of sp³-hybridized carbons (Fsp3) is 0.889. The van der Waals surface area contributed by atoms with Crippen LogP contribution in [0.4, 0.5) is 0 Å². The van der Waals surface area contributed by atoms with Crippen LogP contribution in [0, 0.1) is 10.8 Å². The Morgan fingerprint density at radius 2 is 1.08 bits per heavy atom. The number of carbonyl (C=O) groups is 2. The summed E-state index contributed by atoms with van der Waals surface area (Å²) in [6, 6.07) is 0. The van der Waals surface area contributed by atoms with Gasteiger partial charge in [-0.05, 0) is 25.7 Å². The molecule has 0 saturated heterocycles. The Morgan fingerprint density at radius 3 is 1.38 bits per heavy atom. The smallest absolute Gasteiger partial charge is 0.311 e. The third kappa shape index (κ3) is 14.3. The third-order valence-electron chi connectivity index (χ3n) is 3.21. The standard InChI is InChI=1S/C18H35O5PS2/c1-17(2,3)15(19)25-13-9-7-11-22-24(21)23-12-8-10-14-26-16(20)18(4,5)6/h24H,7-14H2,1-6H3. The molecule has 0 N–H and O–H groups in total. The fourth-order valence-corrected chi connectivity index (χ4v) is 4.16. The molecule has 0 aromatic carbocycles. The second-order valence-corrected chi connectivity index (χ2v) is 11.3. The molecule has 0 aromatic heterocycles. The van der Waals surface area contributed by atoms with Gasteiger partial charge in [0, 0.05) is 22.3 Å². The molecule has 0 aliphatic carbocycles. The van der Waals surface area contributed by atoms with Crippen molar-refractivity contribution in [2.24, 2.45) is 10.8 Å². The average Bonchev–Trinajstić information content (AvgIpc) is 2.51. The van der Waals surface area contributed by atoms with Gasteiger partial charge in [0.1, 0.15) is 0 Å². The quantitative estimate of drug-likeness (QED) is 0.298. The van der Waals surface area contributed by atoms with E-state index in [4.69, 9.17) is 9.05 Å². The van der Waals surface area contributed by atoms with Gasteiger partial charge in [-0.2, -0.15) is 0 Å². The predicted molar refractivity (Wildman–Crippen MR) is 113 cm³/mol. The van der Waals surface area contributed by atoms with E-state index in [9.17, 15) is 14.2 Å². The average molecular weight is 427 g/mol. The van der Waals surface area contributed by atoms with Gasteiger partial charge in [-0.3, -0.25) is 14.2 Å². The number of hydrogen-bond acceptors (Lipinski definition) is 7. The third-order valence-corrected chi connectivity index (χ3v) is 6.82. The van der Waals surface area contributed by atoms with Gasteiger partial charge in [-0.25, -0.2) is 0 Å². The Bertz CT molecular complexity index is 415. The summed E-state index contributed by atoms with van der Waals surface area (Å²) in [7, 11) is -2.44. The van der Waals surface area contributed by atoms with Crippen LogP contribution in [0.15, 0.2) is 0 Å². The van der Waals surface area contributed by atoms with E-state index in [1.54, 1.807) is 0 Å². The largest absolute Gasteiger partial charge is 0.319 e. The van der Waals surface area contributed by atoms with Gasteiger partial charge >= 0.3 is 8.25 Å². The number of thioether (sulfide) groups is 2. The summed E-state index contributed by atoms with van der Waals surface area (Å²) >= 11 is 2.69. The topological polar surface area (TPSA) is 69.7 Å². The predicted octanol–water partition coefficient (Wildman–Crippen LogP) is 5.58. The molecule has 0 unspecified atom stereocenters. The molecule has 0 heterocycles. The Kier molecular flexibility index (Phi) is 13.5. The molecule has 0 aromatic rings. The Hall–Kier alpha value is 0.190. The summed E-state index contributed by atoms with van der Waals surface area (Å²) < 4.78 is 22.0. The molecule has 0 saturated carbocycles. The lowest BCUT2D eigenvalue weighted by atomic mass is 9.99. The van der Waals surface area contributed by atoms with E-state index in [1.807, 2.05) is 41.5 Å². The highest BCUT2D eigenvalue weighted by atomic mass is 32.2. The van der Waals surface area contributed by atoms with E-state index in [0.29, 0.717) is 13.2 Å². The summed E-state index contributed by atoms with van der Waals surface area (Å²) in [5.74, 6) is 1.51. The SMILES string of the molecule is CC(C)(C)C(=O)SCCCCO[PH](=O)OCCCCSC(=O)C(C)(C)C. The molecular weight excluding hydrogens is 391 g/mol. The maximum atomic E-state index is 11.7. The minimum atomic E-state index is -2.44. The van der Waals surface area contributed by atoms with Crippen LogP contribution in [-0.2, 0) is 23.2 Å². The Balaban J connectivity index is 3.51. The first-order valence-electron chi connectivity index (χ1n) is 9.08. The van der Waals surface area contributed by atoms with Gasteiger partial charge in [0.05, 0.1) is 13.2 Å². The normalized spacial score (nSPS) is 12.6. The van der Waals surface area contributed by atoms with Gasteiger partial charge in [0.2, 0.25) is 0 Å². The van der Waals surface area contributed by atoms with E-state index in [2.05, 4.69) is 0 Å². The molecule has 0 aliphatic rings. The van der Waals surface area contributed by atoms with Crippen molar-refractivity contribution in [3.63, 3.8) is 0 Å². The van der Waals surface area contributed by atoms with Crippen molar-refractivity contribution in [1.82, 2.24) is 0 Å². The van der Waals surface area contributed by atoms with E-state index in [0.717, 1.165) is 37.2 Å². The lowest BCUT2D eigenvalue weighted by Gasteiger charge is -2.15. The van der Waals surface area contributed by atoms with Crippen molar-refractivity contribution in [3.05, 3.63) is 0 Å². The second kappa shape index (κ2) is 13.4. The molecule has 0 rings (SSSR count). The first-order valence-corrected chi connectivity index (χ1v) is 12.3. The highest BCUT2D eigenvalue weighted by molar-refractivity contribution is 8.14. The van der Waals surface area contributed by atoms with Gasteiger partial charge in [-0.15, -0.1) is 0 Å². The van der Waals surface area contributed by atoms with E-state index < -0.39 is 8.25 Å². The summed E-state index contributed by atoms with van der Waals surface area (Å²) in [4.78, 5) is 23.5. The van der Waals surface area contributed by atoms with Gasteiger partial charge < -0.3 is 9.05 Å². The highest BCUT2D eigenvalue weighted by Crippen LogP contribution is 2.27. The molecule has 154 valence electrons. The van der Waals surface area contributed by atoms with Crippen molar-refractivity contribution in [3.8, 4) is 0 Å².